The number of hydrogen-bond acceptors (Lipinski definition) is 7. The summed E-state index contributed by atoms with van der Waals surface area (Å²) in [4.78, 5) is 28.4. The molecule has 0 saturated carbocycles. The van der Waals surface area contributed by atoms with Gasteiger partial charge in [0.25, 0.3) is 5.56 Å². The Morgan fingerprint density at radius 2 is 1.93 bits per heavy atom. The van der Waals surface area contributed by atoms with Crippen molar-refractivity contribution in [3.05, 3.63) is 76.8 Å². The SMILES string of the molecule is O=C(CCn1nnc2ccccc2c1=O)OCc1ncc(-c2ccc(F)cc2)o1. The zero-order chi connectivity index (χ0) is 20.2. The lowest BCUT2D eigenvalue weighted by Crippen LogP contribution is -2.25. The topological polar surface area (TPSA) is 100 Å². The molecule has 2 heterocycles. The second kappa shape index (κ2) is 8.01. The van der Waals surface area contributed by atoms with Gasteiger partial charge < -0.3 is 9.15 Å². The minimum absolute atomic E-state index is 0.0436. The molecular formula is C20H15FN4O4. The highest BCUT2D eigenvalue weighted by molar-refractivity contribution is 5.76. The number of carbonyl (C=O) groups is 1. The summed E-state index contributed by atoms with van der Waals surface area (Å²) >= 11 is 0. The quantitative estimate of drug-likeness (QED) is 0.464. The molecule has 0 bridgehead atoms. The molecule has 0 saturated heterocycles. The lowest BCUT2D eigenvalue weighted by molar-refractivity contribution is -0.146. The van der Waals surface area contributed by atoms with Crippen molar-refractivity contribution in [2.75, 3.05) is 0 Å². The monoisotopic (exact) mass is 394 g/mol. The average molecular weight is 394 g/mol. The van der Waals surface area contributed by atoms with Crippen LogP contribution in [-0.2, 0) is 22.7 Å². The normalized spacial score (nSPS) is 10.9. The number of benzene rings is 2. The van der Waals surface area contributed by atoms with Gasteiger partial charge in [0.15, 0.2) is 12.4 Å². The Morgan fingerprint density at radius 1 is 1.14 bits per heavy atom. The summed E-state index contributed by atoms with van der Waals surface area (Å²) < 4.78 is 24.7. The molecule has 4 aromatic rings. The van der Waals surface area contributed by atoms with E-state index in [1.807, 2.05) is 0 Å². The summed E-state index contributed by atoms with van der Waals surface area (Å²) in [6.45, 7) is -0.111. The highest BCUT2D eigenvalue weighted by Gasteiger charge is 2.11. The van der Waals surface area contributed by atoms with Crippen LogP contribution in [0.25, 0.3) is 22.2 Å². The average Bonchev–Trinajstić information content (AvgIpc) is 3.21. The van der Waals surface area contributed by atoms with E-state index in [0.29, 0.717) is 22.2 Å². The number of carbonyl (C=O) groups excluding carboxylic acids is 1. The Kier molecular flexibility index (Phi) is 5.10. The number of nitrogens with zero attached hydrogens (tertiary/aromatic N) is 4. The van der Waals surface area contributed by atoms with Crippen molar-refractivity contribution in [3.8, 4) is 11.3 Å². The molecule has 0 N–H and O–H groups in total. The lowest BCUT2D eigenvalue weighted by Gasteiger charge is -2.05. The summed E-state index contributed by atoms with van der Waals surface area (Å²) in [5.74, 6) is -0.236. The Hall–Kier alpha value is -3.88. The molecule has 0 aliphatic rings. The highest BCUT2D eigenvalue weighted by atomic mass is 19.1. The van der Waals surface area contributed by atoms with E-state index in [1.165, 1.54) is 18.3 Å². The molecule has 0 radical (unpaired) electrons. The van der Waals surface area contributed by atoms with Gasteiger partial charge in [-0.15, -0.1) is 5.10 Å². The molecule has 9 heteroatoms. The first-order chi connectivity index (χ1) is 14.1. The van der Waals surface area contributed by atoms with Crippen molar-refractivity contribution in [2.24, 2.45) is 0 Å². The van der Waals surface area contributed by atoms with Crippen LogP contribution in [0.15, 0.2) is 63.9 Å². The highest BCUT2D eigenvalue weighted by Crippen LogP contribution is 2.20. The molecule has 4 rings (SSSR count). The van der Waals surface area contributed by atoms with Gasteiger partial charge in [-0.25, -0.2) is 14.1 Å². The maximum Gasteiger partial charge on any atom is 0.308 e. The minimum Gasteiger partial charge on any atom is -0.456 e. The van der Waals surface area contributed by atoms with E-state index in [0.717, 1.165) is 4.68 Å². The van der Waals surface area contributed by atoms with E-state index in [9.17, 15) is 14.0 Å². The molecule has 0 unspecified atom stereocenters. The molecule has 0 atom stereocenters. The van der Waals surface area contributed by atoms with Gasteiger partial charge in [0.2, 0.25) is 5.89 Å². The van der Waals surface area contributed by atoms with Crippen molar-refractivity contribution < 1.29 is 18.3 Å². The third-order valence-electron chi connectivity index (χ3n) is 4.20. The second-order valence-corrected chi connectivity index (χ2v) is 6.17. The van der Waals surface area contributed by atoms with E-state index in [2.05, 4.69) is 15.3 Å². The van der Waals surface area contributed by atoms with Gasteiger partial charge >= 0.3 is 5.97 Å². The van der Waals surface area contributed by atoms with Gasteiger partial charge in [-0.1, -0.05) is 17.3 Å². The van der Waals surface area contributed by atoms with Crippen LogP contribution < -0.4 is 5.56 Å². The number of fused-ring (bicyclic) bond motifs is 1. The van der Waals surface area contributed by atoms with Crippen LogP contribution >= 0.6 is 0 Å². The molecule has 29 heavy (non-hydrogen) atoms. The minimum atomic E-state index is -0.534. The van der Waals surface area contributed by atoms with E-state index in [4.69, 9.17) is 9.15 Å². The molecule has 2 aromatic heterocycles. The van der Waals surface area contributed by atoms with Gasteiger partial charge in [-0.2, -0.15) is 0 Å². The summed E-state index contributed by atoms with van der Waals surface area (Å²) in [6, 6.07) is 12.6. The zero-order valence-corrected chi connectivity index (χ0v) is 15.1. The van der Waals surface area contributed by atoms with Crippen LogP contribution in [0.5, 0.6) is 0 Å². The van der Waals surface area contributed by atoms with E-state index in [1.54, 1.807) is 36.4 Å². The summed E-state index contributed by atoms with van der Waals surface area (Å²) in [5.41, 5.74) is 0.836. The molecule has 146 valence electrons. The van der Waals surface area contributed by atoms with Crippen LogP contribution in [0.1, 0.15) is 12.3 Å². The zero-order valence-electron chi connectivity index (χ0n) is 15.1. The summed E-state index contributed by atoms with van der Waals surface area (Å²) in [6.07, 6.45) is 1.42. The maximum atomic E-state index is 13.0. The van der Waals surface area contributed by atoms with Gasteiger partial charge in [0.1, 0.15) is 11.3 Å². The molecule has 0 aliphatic heterocycles. The number of aromatic nitrogens is 4. The molecule has 0 spiro atoms. The third kappa shape index (κ3) is 4.18. The van der Waals surface area contributed by atoms with Gasteiger partial charge in [-0.05, 0) is 36.4 Å². The van der Waals surface area contributed by atoms with Crippen molar-refractivity contribution in [1.29, 1.82) is 0 Å². The third-order valence-corrected chi connectivity index (χ3v) is 4.20. The molecule has 2 aromatic carbocycles. The standard InChI is InChI=1S/C20H15FN4O4/c21-14-7-5-13(6-8-14)17-11-22-18(29-17)12-28-19(26)9-10-25-20(27)15-3-1-2-4-16(15)23-24-25/h1-8,11H,9-10,12H2. The lowest BCUT2D eigenvalue weighted by atomic mass is 10.2. The Morgan fingerprint density at radius 3 is 2.76 bits per heavy atom. The number of aryl methyl sites for hydroxylation is 1. The predicted octanol–water partition coefficient (Wildman–Crippen LogP) is 2.72. The second-order valence-electron chi connectivity index (χ2n) is 6.17. The number of oxazole rings is 1. The number of ether oxygens (including phenoxy) is 1. The first-order valence-corrected chi connectivity index (χ1v) is 8.79. The molecule has 0 fully saturated rings. The van der Waals surface area contributed by atoms with Crippen LogP contribution in [0.2, 0.25) is 0 Å². The Labute approximate surface area is 163 Å². The van der Waals surface area contributed by atoms with Crippen molar-refractivity contribution in [2.45, 2.75) is 19.6 Å². The van der Waals surface area contributed by atoms with Crippen molar-refractivity contribution in [3.63, 3.8) is 0 Å². The van der Waals surface area contributed by atoms with Crippen molar-refractivity contribution in [1.82, 2.24) is 20.0 Å². The van der Waals surface area contributed by atoms with Gasteiger partial charge in [-0.3, -0.25) is 9.59 Å². The first-order valence-electron chi connectivity index (χ1n) is 8.79. The van der Waals surface area contributed by atoms with Crippen LogP contribution in [0, 0.1) is 5.82 Å². The van der Waals surface area contributed by atoms with Gasteiger partial charge in [0, 0.05) is 5.56 Å². The summed E-state index contributed by atoms with van der Waals surface area (Å²) in [7, 11) is 0. The smallest absolute Gasteiger partial charge is 0.308 e. The van der Waals surface area contributed by atoms with Gasteiger partial charge in [0.05, 0.1) is 24.5 Å². The number of rotatable bonds is 6. The maximum absolute atomic E-state index is 13.0. The summed E-state index contributed by atoms with van der Waals surface area (Å²) in [5, 5.41) is 8.23. The molecule has 0 aliphatic carbocycles. The number of hydrogen-bond donors (Lipinski definition) is 0. The molecular weight excluding hydrogens is 379 g/mol. The Balaban J connectivity index is 1.33. The first kappa shape index (κ1) is 18.5. The fourth-order valence-electron chi connectivity index (χ4n) is 2.71. The Bertz CT molecular complexity index is 1220. The number of esters is 1. The number of halogens is 1. The predicted molar refractivity (Wildman–Crippen MR) is 100 cm³/mol. The van der Waals surface area contributed by atoms with Crippen LogP contribution in [-0.4, -0.2) is 25.9 Å². The molecule has 0 amide bonds. The van der Waals surface area contributed by atoms with Crippen molar-refractivity contribution >= 4 is 16.9 Å². The molecule has 8 nitrogen and oxygen atoms in total. The fourth-order valence-corrected chi connectivity index (χ4v) is 2.71. The largest absolute Gasteiger partial charge is 0.456 e. The van der Waals surface area contributed by atoms with E-state index < -0.39 is 5.97 Å². The fraction of sp³-hybridized carbons (Fsp3) is 0.150. The van der Waals surface area contributed by atoms with E-state index in [-0.39, 0.29) is 36.8 Å². The van der Waals surface area contributed by atoms with Crippen LogP contribution in [0.4, 0.5) is 4.39 Å². The van der Waals surface area contributed by atoms with E-state index >= 15 is 0 Å². The van der Waals surface area contributed by atoms with Crippen LogP contribution in [0.3, 0.4) is 0 Å².